The number of methoxy groups -OCH3 is 1. The molecule has 31 heavy (non-hydrogen) atoms. The van der Waals surface area contributed by atoms with E-state index >= 15 is 0 Å². The van der Waals surface area contributed by atoms with Crippen LogP contribution in [0.25, 0.3) is 11.0 Å². The van der Waals surface area contributed by atoms with E-state index in [0.29, 0.717) is 17.6 Å². The number of aromatic amines is 2. The molecule has 4 rings (SSSR count). The van der Waals surface area contributed by atoms with Crippen LogP contribution in [-0.4, -0.2) is 53.1 Å². The minimum atomic E-state index is -0.831. The zero-order valence-corrected chi connectivity index (χ0v) is 18.5. The Balaban J connectivity index is 0.00000272. The van der Waals surface area contributed by atoms with E-state index in [0.717, 1.165) is 37.6 Å². The van der Waals surface area contributed by atoms with Crippen molar-refractivity contribution >= 4 is 39.4 Å². The summed E-state index contributed by atoms with van der Waals surface area (Å²) >= 11 is 0. The predicted octanol–water partition coefficient (Wildman–Crippen LogP) is 2.03. The fourth-order valence-corrected chi connectivity index (χ4v) is 3.71. The Bertz CT molecular complexity index is 1200. The van der Waals surface area contributed by atoms with Gasteiger partial charge >= 0.3 is 11.1 Å². The van der Waals surface area contributed by atoms with Crippen molar-refractivity contribution in [3.8, 4) is 5.75 Å². The second kappa shape index (κ2) is 9.31. The Morgan fingerprint density at radius 3 is 2.29 bits per heavy atom. The van der Waals surface area contributed by atoms with Gasteiger partial charge in [-0.2, -0.15) is 0 Å². The molecular weight excluding hydrogens is 470 g/mol. The third-order valence-corrected chi connectivity index (χ3v) is 5.31. The van der Waals surface area contributed by atoms with Gasteiger partial charge in [-0.25, -0.2) is 0 Å². The molecule has 1 saturated heterocycles. The molecule has 0 amide bonds. The van der Waals surface area contributed by atoms with Gasteiger partial charge in [0.05, 0.1) is 23.1 Å². The molecule has 3 aromatic rings. The van der Waals surface area contributed by atoms with E-state index in [4.69, 9.17) is 4.74 Å². The van der Waals surface area contributed by atoms with Crippen LogP contribution >= 0.6 is 17.0 Å². The Kier molecular flexibility index (Phi) is 6.76. The molecule has 1 fully saturated rings. The number of anilines is 1. The summed E-state index contributed by atoms with van der Waals surface area (Å²) in [7, 11) is 1.63. The van der Waals surface area contributed by atoms with Crippen molar-refractivity contribution in [2.45, 2.75) is 6.54 Å². The Morgan fingerprint density at radius 1 is 1.03 bits per heavy atom. The molecule has 164 valence electrons. The number of nitro groups is 1. The first-order chi connectivity index (χ1) is 14.4. The largest absolute Gasteiger partial charge is 0.497 e. The first-order valence-corrected chi connectivity index (χ1v) is 9.49. The number of halogens is 1. The average Bonchev–Trinajstić information content (AvgIpc) is 2.75. The van der Waals surface area contributed by atoms with Gasteiger partial charge in [0.15, 0.2) is 0 Å². The molecule has 0 saturated carbocycles. The van der Waals surface area contributed by atoms with Gasteiger partial charge in [0.1, 0.15) is 5.75 Å². The number of aromatic nitrogens is 2. The fraction of sp³-hybridized carbons (Fsp3) is 0.300. The highest BCUT2D eigenvalue weighted by Gasteiger charge is 2.20. The highest BCUT2D eigenvalue weighted by atomic mass is 79.9. The molecule has 0 radical (unpaired) electrons. The molecule has 2 N–H and O–H groups in total. The van der Waals surface area contributed by atoms with E-state index in [1.54, 1.807) is 7.11 Å². The Morgan fingerprint density at radius 2 is 1.68 bits per heavy atom. The van der Waals surface area contributed by atoms with Crippen LogP contribution in [0.5, 0.6) is 5.75 Å². The standard InChI is InChI=1S/C20H21N5O5.BrH/c1-30-16-4-2-14(3-5-16)24-8-6-23(7-9-24)12-13-10-15(25(28)29)11-17-18(13)22-20(27)19(26)21-17;/h2-5,10-11H,6-9,12H2,1H3,(H,21,26)(H,22,27);1H. The molecule has 10 nitrogen and oxygen atoms in total. The van der Waals surface area contributed by atoms with Crippen molar-refractivity contribution in [2.75, 3.05) is 38.2 Å². The van der Waals surface area contributed by atoms with Crippen molar-refractivity contribution in [1.82, 2.24) is 14.9 Å². The lowest BCUT2D eigenvalue weighted by molar-refractivity contribution is -0.384. The quantitative estimate of drug-likeness (QED) is 0.317. The van der Waals surface area contributed by atoms with Crippen molar-refractivity contribution in [3.63, 3.8) is 0 Å². The summed E-state index contributed by atoms with van der Waals surface area (Å²) in [5, 5.41) is 11.3. The van der Waals surface area contributed by atoms with Crippen molar-refractivity contribution in [3.05, 3.63) is 72.8 Å². The summed E-state index contributed by atoms with van der Waals surface area (Å²) < 4.78 is 5.20. The Labute approximate surface area is 187 Å². The summed E-state index contributed by atoms with van der Waals surface area (Å²) in [6.45, 7) is 3.53. The van der Waals surface area contributed by atoms with Crippen molar-refractivity contribution in [2.24, 2.45) is 0 Å². The zero-order valence-electron chi connectivity index (χ0n) is 16.8. The van der Waals surface area contributed by atoms with Crippen molar-refractivity contribution < 1.29 is 9.66 Å². The lowest BCUT2D eigenvalue weighted by Crippen LogP contribution is -2.46. The maximum atomic E-state index is 11.8. The lowest BCUT2D eigenvalue weighted by atomic mass is 10.1. The number of rotatable bonds is 5. The third-order valence-electron chi connectivity index (χ3n) is 5.31. The number of ether oxygens (including phenoxy) is 1. The molecule has 2 aromatic carbocycles. The van der Waals surface area contributed by atoms with Crippen LogP contribution in [0.1, 0.15) is 5.56 Å². The molecule has 1 aliphatic rings. The van der Waals surface area contributed by atoms with Crippen LogP contribution in [0.4, 0.5) is 11.4 Å². The summed E-state index contributed by atoms with van der Waals surface area (Å²) in [5.41, 5.74) is 0.646. The molecule has 11 heteroatoms. The predicted molar refractivity (Wildman–Crippen MR) is 123 cm³/mol. The number of piperazine rings is 1. The van der Waals surface area contributed by atoms with Gasteiger partial charge in [0.25, 0.3) is 5.69 Å². The highest BCUT2D eigenvalue weighted by Crippen LogP contribution is 2.24. The van der Waals surface area contributed by atoms with E-state index in [1.807, 2.05) is 24.3 Å². The number of benzene rings is 2. The maximum absolute atomic E-state index is 11.8. The van der Waals surface area contributed by atoms with Crippen LogP contribution in [-0.2, 0) is 6.54 Å². The number of nitrogens with one attached hydrogen (secondary N) is 2. The van der Waals surface area contributed by atoms with Crippen LogP contribution in [0, 0.1) is 10.1 Å². The third kappa shape index (κ3) is 4.78. The van der Waals surface area contributed by atoms with Crippen molar-refractivity contribution in [1.29, 1.82) is 0 Å². The molecule has 0 aliphatic carbocycles. The van der Waals surface area contributed by atoms with Gasteiger partial charge in [-0.3, -0.25) is 24.6 Å². The number of nitro benzene ring substituents is 1. The SMILES string of the molecule is Br.COc1ccc(N2CCN(Cc3cc([N+](=O)[O-])cc4[nH]c(=O)c(=O)[nH]c34)CC2)cc1. The number of fused-ring (bicyclic) bond motifs is 1. The number of non-ortho nitro benzene ring substituents is 1. The zero-order chi connectivity index (χ0) is 21.3. The lowest BCUT2D eigenvalue weighted by Gasteiger charge is -2.36. The van der Waals surface area contributed by atoms with E-state index in [1.165, 1.54) is 12.1 Å². The topological polar surface area (TPSA) is 125 Å². The number of nitrogens with zero attached hydrogens (tertiary/aromatic N) is 3. The van der Waals surface area contributed by atoms with Gasteiger partial charge in [-0.1, -0.05) is 0 Å². The Hall–Kier alpha value is -3.18. The highest BCUT2D eigenvalue weighted by molar-refractivity contribution is 8.93. The van der Waals surface area contributed by atoms with Crippen LogP contribution < -0.4 is 20.8 Å². The number of hydrogen-bond donors (Lipinski definition) is 2. The fourth-order valence-electron chi connectivity index (χ4n) is 3.71. The monoisotopic (exact) mass is 491 g/mol. The normalized spacial score (nSPS) is 14.3. The summed E-state index contributed by atoms with van der Waals surface area (Å²) in [5.74, 6) is 0.807. The molecule has 0 atom stereocenters. The summed E-state index contributed by atoms with van der Waals surface area (Å²) in [6.07, 6.45) is 0. The van der Waals surface area contributed by atoms with Crippen LogP contribution in [0.2, 0.25) is 0 Å². The first kappa shape index (κ1) is 22.5. The second-order valence-electron chi connectivity index (χ2n) is 7.15. The van der Waals surface area contributed by atoms with E-state index in [2.05, 4.69) is 19.8 Å². The molecule has 2 heterocycles. The smallest absolute Gasteiger partial charge is 0.314 e. The van der Waals surface area contributed by atoms with Crippen LogP contribution in [0.15, 0.2) is 46.0 Å². The molecule has 0 spiro atoms. The first-order valence-electron chi connectivity index (χ1n) is 9.49. The van der Waals surface area contributed by atoms with Gasteiger partial charge in [0, 0.05) is 50.5 Å². The van der Waals surface area contributed by atoms with Crippen LogP contribution in [0.3, 0.4) is 0 Å². The molecule has 1 aromatic heterocycles. The van der Waals surface area contributed by atoms with E-state index < -0.39 is 16.0 Å². The minimum absolute atomic E-state index is 0. The minimum Gasteiger partial charge on any atom is -0.497 e. The molecular formula is C20H22BrN5O5. The number of hydrogen-bond acceptors (Lipinski definition) is 7. The molecule has 1 aliphatic heterocycles. The summed E-state index contributed by atoms with van der Waals surface area (Å²) in [6, 6.07) is 10.6. The number of H-pyrrole nitrogens is 2. The van der Waals surface area contributed by atoms with E-state index in [-0.39, 0.29) is 28.2 Å². The van der Waals surface area contributed by atoms with Gasteiger partial charge in [-0.15, -0.1) is 17.0 Å². The molecule has 0 bridgehead atoms. The molecule has 0 unspecified atom stereocenters. The van der Waals surface area contributed by atoms with E-state index in [9.17, 15) is 19.7 Å². The van der Waals surface area contributed by atoms with Gasteiger partial charge < -0.3 is 19.6 Å². The average molecular weight is 492 g/mol. The van der Waals surface area contributed by atoms with Gasteiger partial charge in [-0.05, 0) is 29.8 Å². The second-order valence-corrected chi connectivity index (χ2v) is 7.15. The van der Waals surface area contributed by atoms with Gasteiger partial charge in [0.2, 0.25) is 0 Å². The summed E-state index contributed by atoms with van der Waals surface area (Å²) in [4.78, 5) is 43.6. The maximum Gasteiger partial charge on any atom is 0.314 e.